The van der Waals surface area contributed by atoms with Crippen molar-refractivity contribution < 1.29 is 17.9 Å². The van der Waals surface area contributed by atoms with E-state index in [-0.39, 0.29) is 16.2 Å². The number of halogens is 2. The number of nitro groups is 1. The van der Waals surface area contributed by atoms with Crippen LogP contribution < -0.4 is 0 Å². The first-order valence-corrected chi connectivity index (χ1v) is 6.85. The number of hydrogen-bond acceptors (Lipinski definition) is 3. The maximum Gasteiger partial charge on any atom is 0.272 e. The van der Waals surface area contributed by atoms with E-state index in [0.29, 0.717) is 0 Å². The predicted molar refractivity (Wildman–Crippen MR) is 69.6 cm³/mol. The lowest BCUT2D eigenvalue weighted by molar-refractivity contribution is -0.385. The summed E-state index contributed by atoms with van der Waals surface area (Å²) >= 11 is 0. The zero-order valence-corrected chi connectivity index (χ0v) is 10.9. The van der Waals surface area contributed by atoms with Crippen molar-refractivity contribution in [2.75, 3.05) is 0 Å². The van der Waals surface area contributed by atoms with Crippen LogP contribution in [-0.2, 0) is 16.6 Å². The fraction of sp³-hybridized carbons (Fsp3) is 0.0769. The van der Waals surface area contributed by atoms with E-state index in [2.05, 4.69) is 0 Å². The topological polar surface area (TPSA) is 60.2 Å². The fourth-order valence-electron chi connectivity index (χ4n) is 1.67. The van der Waals surface area contributed by atoms with Crippen molar-refractivity contribution >= 4 is 16.5 Å². The molecule has 0 aliphatic rings. The van der Waals surface area contributed by atoms with E-state index in [1.54, 1.807) is 0 Å². The molecule has 0 radical (unpaired) electrons. The number of non-ortho nitro benzene ring substituents is 1. The summed E-state index contributed by atoms with van der Waals surface area (Å²) in [6.45, 7) is 0. The Labute approximate surface area is 115 Å². The average Bonchev–Trinajstić information content (AvgIpc) is 2.37. The summed E-state index contributed by atoms with van der Waals surface area (Å²) in [5, 5.41) is 10.6. The smallest absolute Gasteiger partial charge is 0.258 e. The molecule has 2 rings (SSSR count). The fourth-order valence-corrected chi connectivity index (χ4v) is 2.78. The molecular formula is C13H9F2NO3S. The van der Waals surface area contributed by atoms with Crippen molar-refractivity contribution in [1.82, 2.24) is 0 Å². The van der Waals surface area contributed by atoms with Gasteiger partial charge in [0.1, 0.15) is 11.6 Å². The van der Waals surface area contributed by atoms with Crippen molar-refractivity contribution in [3.05, 3.63) is 69.8 Å². The van der Waals surface area contributed by atoms with Gasteiger partial charge < -0.3 is 0 Å². The van der Waals surface area contributed by atoms with Crippen molar-refractivity contribution in [3.63, 3.8) is 0 Å². The molecule has 0 amide bonds. The summed E-state index contributed by atoms with van der Waals surface area (Å²) < 4.78 is 38.3. The van der Waals surface area contributed by atoms with Crippen LogP contribution in [0.5, 0.6) is 0 Å². The van der Waals surface area contributed by atoms with Crippen molar-refractivity contribution in [3.8, 4) is 0 Å². The molecule has 4 nitrogen and oxygen atoms in total. The van der Waals surface area contributed by atoms with E-state index in [1.165, 1.54) is 18.2 Å². The van der Waals surface area contributed by atoms with E-state index in [1.807, 2.05) is 0 Å². The Hall–Kier alpha value is -2.15. The van der Waals surface area contributed by atoms with Crippen LogP contribution in [0.15, 0.2) is 47.4 Å². The summed E-state index contributed by atoms with van der Waals surface area (Å²) in [5.41, 5.74) is -0.185. The third-order valence-electron chi connectivity index (χ3n) is 2.51. The van der Waals surface area contributed by atoms with Crippen LogP contribution in [-0.4, -0.2) is 9.13 Å². The maximum absolute atomic E-state index is 13.2. The number of rotatable bonds is 4. The molecule has 0 fully saturated rings. The highest BCUT2D eigenvalue weighted by Gasteiger charge is 2.13. The molecule has 0 aliphatic heterocycles. The van der Waals surface area contributed by atoms with E-state index in [4.69, 9.17) is 0 Å². The molecule has 104 valence electrons. The molecule has 20 heavy (non-hydrogen) atoms. The van der Waals surface area contributed by atoms with Gasteiger partial charge in [-0.25, -0.2) is 8.78 Å². The Kier molecular flexibility index (Phi) is 4.19. The van der Waals surface area contributed by atoms with Gasteiger partial charge in [0, 0.05) is 11.0 Å². The molecule has 7 heteroatoms. The van der Waals surface area contributed by atoms with Gasteiger partial charge in [0.05, 0.1) is 27.5 Å². The Bertz CT molecular complexity index is 691. The van der Waals surface area contributed by atoms with Crippen LogP contribution in [0, 0.1) is 21.7 Å². The molecular weight excluding hydrogens is 288 g/mol. The molecule has 0 saturated carbocycles. The van der Waals surface area contributed by atoms with Crippen LogP contribution in [0.2, 0.25) is 0 Å². The van der Waals surface area contributed by atoms with Crippen LogP contribution in [0.25, 0.3) is 0 Å². The highest BCUT2D eigenvalue weighted by molar-refractivity contribution is 7.84. The molecule has 1 unspecified atom stereocenters. The molecule has 0 aromatic heterocycles. The molecule has 0 N–H and O–H groups in total. The second-order valence-electron chi connectivity index (χ2n) is 4.02. The van der Waals surface area contributed by atoms with Gasteiger partial charge in [-0.3, -0.25) is 14.3 Å². The molecule has 0 heterocycles. The first-order chi connectivity index (χ1) is 9.45. The van der Waals surface area contributed by atoms with Gasteiger partial charge in [-0.1, -0.05) is 6.07 Å². The highest BCUT2D eigenvalue weighted by Crippen LogP contribution is 2.19. The summed E-state index contributed by atoms with van der Waals surface area (Å²) in [6, 6.07) is 8.24. The number of nitrogens with zero attached hydrogens (tertiary/aromatic N) is 1. The zero-order chi connectivity index (χ0) is 14.7. The monoisotopic (exact) mass is 297 g/mol. The van der Waals surface area contributed by atoms with Crippen LogP contribution in [0.3, 0.4) is 0 Å². The second-order valence-corrected chi connectivity index (χ2v) is 5.47. The summed E-state index contributed by atoms with van der Waals surface area (Å²) in [4.78, 5) is 10.1. The number of benzene rings is 2. The standard InChI is InChI=1S/C13H9F2NO3S/c14-10-2-1-3-13(7-10)20(19)8-9-4-11(15)6-12(5-9)16(17)18/h1-7H,8H2. The van der Waals surface area contributed by atoms with Crippen LogP contribution in [0.4, 0.5) is 14.5 Å². The second kappa shape index (κ2) is 5.87. The maximum atomic E-state index is 13.2. The summed E-state index contributed by atoms with van der Waals surface area (Å²) in [6.07, 6.45) is 0. The Balaban J connectivity index is 2.26. The van der Waals surface area contributed by atoms with Crippen molar-refractivity contribution in [2.45, 2.75) is 10.6 Å². The van der Waals surface area contributed by atoms with Gasteiger partial charge in [-0.15, -0.1) is 0 Å². The number of nitro benzene ring substituents is 1. The Morgan fingerprint density at radius 3 is 2.50 bits per heavy atom. The molecule has 2 aromatic carbocycles. The van der Waals surface area contributed by atoms with E-state index >= 15 is 0 Å². The third kappa shape index (κ3) is 3.45. The molecule has 1 atom stereocenters. The third-order valence-corrected chi connectivity index (χ3v) is 3.89. The van der Waals surface area contributed by atoms with Gasteiger partial charge >= 0.3 is 0 Å². The predicted octanol–water partition coefficient (Wildman–Crippen LogP) is 3.18. The minimum atomic E-state index is -1.60. The SMILES string of the molecule is O=[N+]([O-])c1cc(F)cc(CS(=O)c2cccc(F)c2)c1. The highest BCUT2D eigenvalue weighted by atomic mass is 32.2. The molecule has 0 aliphatic carbocycles. The van der Waals surface area contributed by atoms with E-state index in [9.17, 15) is 23.1 Å². The zero-order valence-electron chi connectivity index (χ0n) is 10.1. The first-order valence-electron chi connectivity index (χ1n) is 5.53. The minimum absolute atomic E-state index is 0.123. The van der Waals surface area contributed by atoms with E-state index in [0.717, 1.165) is 24.3 Å². The minimum Gasteiger partial charge on any atom is -0.258 e. The lowest BCUT2D eigenvalue weighted by Gasteiger charge is -2.03. The molecule has 0 saturated heterocycles. The van der Waals surface area contributed by atoms with Gasteiger partial charge in [0.2, 0.25) is 0 Å². The quantitative estimate of drug-likeness (QED) is 0.643. The van der Waals surface area contributed by atoms with Gasteiger partial charge in [0.25, 0.3) is 5.69 Å². The van der Waals surface area contributed by atoms with Gasteiger partial charge in [-0.05, 0) is 29.8 Å². The van der Waals surface area contributed by atoms with Crippen molar-refractivity contribution in [2.24, 2.45) is 0 Å². The van der Waals surface area contributed by atoms with Crippen LogP contribution in [0.1, 0.15) is 5.56 Å². The lowest BCUT2D eigenvalue weighted by Crippen LogP contribution is -1.99. The average molecular weight is 297 g/mol. The Morgan fingerprint density at radius 1 is 1.10 bits per heavy atom. The van der Waals surface area contributed by atoms with Crippen molar-refractivity contribution in [1.29, 1.82) is 0 Å². The molecule has 2 aromatic rings. The lowest BCUT2D eigenvalue weighted by atomic mass is 10.2. The van der Waals surface area contributed by atoms with Crippen LogP contribution >= 0.6 is 0 Å². The normalized spacial score (nSPS) is 12.1. The molecule has 0 spiro atoms. The molecule has 0 bridgehead atoms. The van der Waals surface area contributed by atoms with Gasteiger partial charge in [0.15, 0.2) is 0 Å². The Morgan fingerprint density at radius 2 is 1.85 bits per heavy atom. The largest absolute Gasteiger partial charge is 0.272 e. The summed E-state index contributed by atoms with van der Waals surface area (Å²) in [5.74, 6) is -1.42. The van der Waals surface area contributed by atoms with Gasteiger partial charge in [-0.2, -0.15) is 0 Å². The summed E-state index contributed by atoms with van der Waals surface area (Å²) in [7, 11) is -1.60. The number of hydrogen-bond donors (Lipinski definition) is 0. The first kappa shape index (κ1) is 14.3. The van der Waals surface area contributed by atoms with E-state index < -0.39 is 33.0 Å².